The summed E-state index contributed by atoms with van der Waals surface area (Å²) in [6, 6.07) is 5.69. The molecule has 0 radical (unpaired) electrons. The van der Waals surface area contributed by atoms with Crippen molar-refractivity contribution >= 4 is 12.0 Å². The molecule has 1 unspecified atom stereocenters. The van der Waals surface area contributed by atoms with E-state index < -0.39 is 0 Å². The van der Waals surface area contributed by atoms with Crippen molar-refractivity contribution in [3.63, 3.8) is 0 Å². The van der Waals surface area contributed by atoms with Crippen molar-refractivity contribution < 1.29 is 19.0 Å². The number of amides is 1. The molecule has 1 saturated heterocycles. The van der Waals surface area contributed by atoms with Crippen molar-refractivity contribution in [2.24, 2.45) is 0 Å². The van der Waals surface area contributed by atoms with Crippen LogP contribution in [0.4, 0.5) is 0 Å². The quantitative estimate of drug-likeness (QED) is 0.777. The maximum Gasteiger partial charge on any atom is 0.246 e. The van der Waals surface area contributed by atoms with Gasteiger partial charge >= 0.3 is 0 Å². The molecule has 24 heavy (non-hydrogen) atoms. The van der Waals surface area contributed by atoms with Crippen LogP contribution < -0.4 is 9.47 Å². The molecule has 5 heteroatoms. The lowest BCUT2D eigenvalue weighted by molar-refractivity contribution is -0.126. The molecular formula is C19H25NO4. The Labute approximate surface area is 143 Å². The normalized spacial score (nSPS) is 20.4. The molecule has 0 saturated carbocycles. The topological polar surface area (TPSA) is 48.0 Å². The van der Waals surface area contributed by atoms with Crippen LogP contribution in [-0.2, 0) is 9.53 Å². The number of rotatable bonds is 5. The van der Waals surface area contributed by atoms with E-state index >= 15 is 0 Å². The lowest BCUT2D eigenvalue weighted by Crippen LogP contribution is -2.30. The van der Waals surface area contributed by atoms with E-state index in [0.717, 1.165) is 62.4 Å². The molecule has 1 fully saturated rings. The molecule has 2 heterocycles. The van der Waals surface area contributed by atoms with E-state index in [1.54, 1.807) is 6.08 Å². The zero-order valence-electron chi connectivity index (χ0n) is 14.2. The summed E-state index contributed by atoms with van der Waals surface area (Å²) in [4.78, 5) is 14.3. The van der Waals surface area contributed by atoms with Gasteiger partial charge in [-0.1, -0.05) is 13.0 Å². The molecule has 5 nitrogen and oxygen atoms in total. The summed E-state index contributed by atoms with van der Waals surface area (Å²) < 4.78 is 16.5. The van der Waals surface area contributed by atoms with Gasteiger partial charge in [-0.3, -0.25) is 4.79 Å². The number of carbonyl (C=O) groups excluding carboxylic acids is 1. The summed E-state index contributed by atoms with van der Waals surface area (Å²) in [5.74, 6) is 1.54. The van der Waals surface area contributed by atoms with E-state index in [2.05, 4.69) is 6.92 Å². The van der Waals surface area contributed by atoms with Crippen LogP contribution in [0.15, 0.2) is 24.3 Å². The zero-order valence-corrected chi connectivity index (χ0v) is 14.2. The minimum absolute atomic E-state index is 0.0591. The van der Waals surface area contributed by atoms with Crippen LogP contribution in [-0.4, -0.2) is 43.4 Å². The highest BCUT2D eigenvalue weighted by Crippen LogP contribution is 2.32. The number of hydrogen-bond acceptors (Lipinski definition) is 4. The van der Waals surface area contributed by atoms with Gasteiger partial charge in [0.05, 0.1) is 6.10 Å². The summed E-state index contributed by atoms with van der Waals surface area (Å²) >= 11 is 0. The first-order valence-electron chi connectivity index (χ1n) is 8.74. The van der Waals surface area contributed by atoms with Gasteiger partial charge in [0.1, 0.15) is 0 Å². The first-order chi connectivity index (χ1) is 11.8. The van der Waals surface area contributed by atoms with Crippen molar-refractivity contribution in [3.8, 4) is 11.5 Å². The van der Waals surface area contributed by atoms with E-state index in [0.29, 0.717) is 6.10 Å². The van der Waals surface area contributed by atoms with Gasteiger partial charge in [0.25, 0.3) is 0 Å². The fourth-order valence-electron chi connectivity index (χ4n) is 3.03. The Morgan fingerprint density at radius 2 is 2.17 bits per heavy atom. The summed E-state index contributed by atoms with van der Waals surface area (Å²) in [6.45, 7) is 4.75. The Morgan fingerprint density at radius 1 is 1.29 bits per heavy atom. The van der Waals surface area contributed by atoms with Gasteiger partial charge in [-0.05, 0) is 49.5 Å². The third-order valence-electron chi connectivity index (χ3n) is 4.36. The van der Waals surface area contributed by atoms with Crippen LogP contribution in [0.25, 0.3) is 6.08 Å². The molecule has 0 bridgehead atoms. The van der Waals surface area contributed by atoms with E-state index in [4.69, 9.17) is 14.2 Å². The van der Waals surface area contributed by atoms with Gasteiger partial charge < -0.3 is 19.1 Å². The molecular weight excluding hydrogens is 306 g/mol. The first kappa shape index (κ1) is 16.8. The Kier molecular flexibility index (Phi) is 5.75. The van der Waals surface area contributed by atoms with Crippen molar-refractivity contribution in [2.45, 2.75) is 38.7 Å². The molecule has 0 aliphatic carbocycles. The molecule has 1 amide bonds. The van der Waals surface area contributed by atoms with E-state index in [-0.39, 0.29) is 12.7 Å². The van der Waals surface area contributed by atoms with Crippen LogP contribution in [0.1, 0.15) is 38.2 Å². The smallest absolute Gasteiger partial charge is 0.246 e. The number of carbonyl (C=O) groups is 1. The molecule has 2 aliphatic rings. The number of nitrogens with zero attached hydrogens (tertiary/aromatic N) is 1. The van der Waals surface area contributed by atoms with Crippen molar-refractivity contribution in [3.05, 3.63) is 29.8 Å². The van der Waals surface area contributed by atoms with Crippen LogP contribution in [0.3, 0.4) is 0 Å². The van der Waals surface area contributed by atoms with Crippen LogP contribution in [0.5, 0.6) is 11.5 Å². The van der Waals surface area contributed by atoms with Crippen molar-refractivity contribution in [1.29, 1.82) is 0 Å². The number of benzene rings is 1. The summed E-state index contributed by atoms with van der Waals surface area (Å²) in [6.07, 6.45) is 7.76. The van der Waals surface area contributed by atoms with Gasteiger partial charge in [-0.25, -0.2) is 0 Å². The number of likely N-dealkylation sites (tertiary alicyclic amines) is 1. The lowest BCUT2D eigenvalue weighted by Gasteiger charge is -2.19. The van der Waals surface area contributed by atoms with Gasteiger partial charge in [-0.15, -0.1) is 0 Å². The highest BCUT2D eigenvalue weighted by molar-refractivity contribution is 5.91. The second-order valence-corrected chi connectivity index (χ2v) is 6.20. The SMILES string of the molecule is CCCOC1CCCN(C(=O)C=Cc2ccc3c(c2)OCO3)CC1. The summed E-state index contributed by atoms with van der Waals surface area (Å²) in [5.41, 5.74) is 0.937. The van der Waals surface area contributed by atoms with Gasteiger partial charge in [0, 0.05) is 25.8 Å². The lowest BCUT2D eigenvalue weighted by atomic mass is 10.1. The van der Waals surface area contributed by atoms with Gasteiger partial charge in [0.15, 0.2) is 11.5 Å². The summed E-state index contributed by atoms with van der Waals surface area (Å²) in [5, 5.41) is 0. The standard InChI is InChI=1S/C19H25NO4/c1-2-12-22-16-4-3-10-20(11-9-16)19(21)8-6-15-5-7-17-18(13-15)24-14-23-17/h5-8,13,16H,2-4,9-12,14H2,1H3. The maximum atomic E-state index is 12.4. The largest absolute Gasteiger partial charge is 0.454 e. The Bertz CT molecular complexity index is 599. The molecule has 1 aromatic carbocycles. The van der Waals surface area contributed by atoms with Crippen molar-refractivity contribution in [1.82, 2.24) is 4.90 Å². The zero-order chi connectivity index (χ0) is 16.8. The number of hydrogen-bond donors (Lipinski definition) is 0. The van der Waals surface area contributed by atoms with Crippen molar-refractivity contribution in [2.75, 3.05) is 26.5 Å². The molecule has 0 N–H and O–H groups in total. The molecule has 1 aromatic rings. The minimum atomic E-state index is 0.0591. The second-order valence-electron chi connectivity index (χ2n) is 6.20. The Hall–Kier alpha value is -2.01. The molecule has 3 rings (SSSR count). The molecule has 1 atom stereocenters. The van der Waals surface area contributed by atoms with Gasteiger partial charge in [0.2, 0.25) is 12.7 Å². The minimum Gasteiger partial charge on any atom is -0.454 e. The van der Waals surface area contributed by atoms with Gasteiger partial charge in [-0.2, -0.15) is 0 Å². The third kappa shape index (κ3) is 4.29. The van der Waals surface area contributed by atoms with Crippen LogP contribution in [0.2, 0.25) is 0 Å². The molecule has 0 spiro atoms. The fraction of sp³-hybridized carbons (Fsp3) is 0.526. The highest BCUT2D eigenvalue weighted by Gasteiger charge is 2.19. The maximum absolute atomic E-state index is 12.4. The monoisotopic (exact) mass is 331 g/mol. The average molecular weight is 331 g/mol. The number of ether oxygens (including phenoxy) is 3. The predicted octanol–water partition coefficient (Wildman–Crippen LogP) is 3.24. The average Bonchev–Trinajstić information content (AvgIpc) is 2.94. The first-order valence-corrected chi connectivity index (χ1v) is 8.74. The third-order valence-corrected chi connectivity index (χ3v) is 4.36. The van der Waals surface area contributed by atoms with Crippen LogP contribution >= 0.6 is 0 Å². The Morgan fingerprint density at radius 3 is 3.04 bits per heavy atom. The summed E-state index contributed by atoms with van der Waals surface area (Å²) in [7, 11) is 0. The predicted molar refractivity (Wildman–Crippen MR) is 92.1 cm³/mol. The Balaban J connectivity index is 1.54. The van der Waals surface area contributed by atoms with Crippen LogP contribution in [0, 0.1) is 0 Å². The van der Waals surface area contributed by atoms with E-state index in [1.165, 1.54) is 0 Å². The highest BCUT2D eigenvalue weighted by atomic mass is 16.7. The molecule has 130 valence electrons. The van der Waals surface area contributed by atoms with E-state index in [1.807, 2.05) is 29.2 Å². The van der Waals surface area contributed by atoms with E-state index in [9.17, 15) is 4.79 Å². The second kappa shape index (κ2) is 8.20. The molecule has 0 aromatic heterocycles. The molecule has 2 aliphatic heterocycles. The fourth-order valence-corrected chi connectivity index (χ4v) is 3.03. The number of fused-ring (bicyclic) bond motifs is 1.